The summed E-state index contributed by atoms with van der Waals surface area (Å²) in [4.78, 5) is 20.2. The minimum Gasteiger partial charge on any atom is -0.384 e. The number of halogens is 6. The number of alkyl halides is 6. The van der Waals surface area contributed by atoms with E-state index in [0.29, 0.717) is 36.2 Å². The number of H-pyrrole nitrogens is 1. The summed E-state index contributed by atoms with van der Waals surface area (Å²) in [5.41, 5.74) is -0.794. The second-order valence-corrected chi connectivity index (χ2v) is 12.5. The molecule has 0 radical (unpaired) electrons. The summed E-state index contributed by atoms with van der Waals surface area (Å²) in [6.45, 7) is 3.16. The molecule has 4 heterocycles. The Kier molecular flexibility index (Phi) is 8.64. The molecule has 3 aromatic heterocycles. The third kappa shape index (κ3) is 6.51. The first-order valence-corrected chi connectivity index (χ1v) is 15.5. The molecule has 2 fully saturated rings. The molecule has 6 rings (SSSR count). The van der Waals surface area contributed by atoms with Gasteiger partial charge in [0.25, 0.3) is 0 Å². The Morgan fingerprint density at radius 2 is 1.59 bits per heavy atom. The van der Waals surface area contributed by atoms with Crippen LogP contribution in [0, 0.1) is 5.41 Å². The van der Waals surface area contributed by atoms with Gasteiger partial charge in [0.1, 0.15) is 11.3 Å². The van der Waals surface area contributed by atoms with Crippen LogP contribution in [0.3, 0.4) is 0 Å². The fourth-order valence-corrected chi connectivity index (χ4v) is 6.95. The Hall–Kier alpha value is -3.87. The van der Waals surface area contributed by atoms with E-state index in [9.17, 15) is 26.3 Å². The molecular formula is C33H36F6N6O. The summed E-state index contributed by atoms with van der Waals surface area (Å²) >= 11 is 0. The van der Waals surface area contributed by atoms with Gasteiger partial charge >= 0.3 is 12.4 Å². The molecular weight excluding hydrogens is 610 g/mol. The summed E-state index contributed by atoms with van der Waals surface area (Å²) in [5.74, 6) is 0.522. The summed E-state index contributed by atoms with van der Waals surface area (Å²) in [5, 5.41) is 0. The largest absolute Gasteiger partial charge is 0.433 e. The second kappa shape index (κ2) is 12.4. The fourth-order valence-electron chi connectivity index (χ4n) is 6.95. The van der Waals surface area contributed by atoms with Gasteiger partial charge in [0.2, 0.25) is 0 Å². The van der Waals surface area contributed by atoms with Crippen LogP contribution in [0.2, 0.25) is 0 Å². The number of rotatable bonds is 8. The highest BCUT2D eigenvalue weighted by molar-refractivity contribution is 5.91. The van der Waals surface area contributed by atoms with E-state index in [1.54, 1.807) is 13.2 Å². The van der Waals surface area contributed by atoms with E-state index >= 15 is 0 Å². The first-order chi connectivity index (χ1) is 21.9. The number of imidazole rings is 1. The zero-order valence-electron chi connectivity index (χ0n) is 25.7. The van der Waals surface area contributed by atoms with Crippen molar-refractivity contribution in [3.8, 4) is 22.6 Å². The molecule has 1 N–H and O–H groups in total. The van der Waals surface area contributed by atoms with Crippen LogP contribution in [-0.2, 0) is 17.1 Å². The maximum absolute atomic E-state index is 13.8. The van der Waals surface area contributed by atoms with Crippen molar-refractivity contribution in [3.63, 3.8) is 0 Å². The average molecular weight is 647 g/mol. The van der Waals surface area contributed by atoms with E-state index in [-0.39, 0.29) is 22.3 Å². The van der Waals surface area contributed by atoms with E-state index < -0.39 is 23.6 Å². The lowest BCUT2D eigenvalue weighted by Gasteiger charge is -2.34. The molecule has 46 heavy (non-hydrogen) atoms. The van der Waals surface area contributed by atoms with Crippen molar-refractivity contribution in [1.82, 2.24) is 19.9 Å². The number of aromatic amines is 1. The number of pyridine rings is 2. The topological polar surface area (TPSA) is 70.2 Å². The molecule has 4 aromatic rings. The van der Waals surface area contributed by atoms with Gasteiger partial charge in [-0.3, -0.25) is 4.98 Å². The number of hydrogen-bond acceptors (Lipinski definition) is 6. The highest BCUT2D eigenvalue weighted by Crippen LogP contribution is 2.43. The third-order valence-electron chi connectivity index (χ3n) is 9.16. The minimum absolute atomic E-state index is 0.0341. The lowest BCUT2D eigenvalue weighted by molar-refractivity contribution is -0.164. The van der Waals surface area contributed by atoms with Gasteiger partial charge < -0.3 is 19.5 Å². The molecule has 0 spiro atoms. The number of methoxy groups -OCH3 is 1. The Labute approximate surface area is 263 Å². The van der Waals surface area contributed by atoms with Gasteiger partial charge in [-0.2, -0.15) is 26.3 Å². The van der Waals surface area contributed by atoms with Crippen LogP contribution in [0.1, 0.15) is 56.2 Å². The van der Waals surface area contributed by atoms with Crippen molar-refractivity contribution < 1.29 is 31.1 Å². The van der Waals surface area contributed by atoms with Gasteiger partial charge in [-0.1, -0.05) is 12.8 Å². The van der Waals surface area contributed by atoms with E-state index in [1.165, 1.54) is 6.42 Å². The second-order valence-electron chi connectivity index (χ2n) is 12.5. The van der Waals surface area contributed by atoms with E-state index in [0.717, 1.165) is 69.1 Å². The van der Waals surface area contributed by atoms with Crippen LogP contribution in [-0.4, -0.2) is 60.3 Å². The van der Waals surface area contributed by atoms with Crippen LogP contribution < -0.4 is 9.80 Å². The molecule has 1 aliphatic carbocycles. The highest BCUT2D eigenvalue weighted by Gasteiger charge is 2.45. The number of nitrogens with one attached hydrogen (secondary N) is 1. The quantitative estimate of drug-likeness (QED) is 0.194. The van der Waals surface area contributed by atoms with Gasteiger partial charge in [-0.05, 0) is 68.5 Å². The number of benzene rings is 1. The Morgan fingerprint density at radius 1 is 0.891 bits per heavy atom. The van der Waals surface area contributed by atoms with Crippen LogP contribution in [0.25, 0.3) is 33.8 Å². The number of ether oxygens (including phenoxy) is 1. The normalized spacial score (nSPS) is 17.2. The molecule has 0 bridgehead atoms. The molecule has 0 atom stereocenters. The van der Waals surface area contributed by atoms with Crippen molar-refractivity contribution in [2.45, 2.75) is 57.3 Å². The van der Waals surface area contributed by atoms with Crippen molar-refractivity contribution in [2.75, 3.05) is 50.2 Å². The molecule has 0 amide bonds. The molecule has 7 nitrogen and oxygen atoms in total. The van der Waals surface area contributed by atoms with Gasteiger partial charge in [-0.25, -0.2) is 9.97 Å². The minimum atomic E-state index is -5.27. The molecule has 1 aromatic carbocycles. The monoisotopic (exact) mass is 646 g/mol. The number of anilines is 2. The Balaban J connectivity index is 1.44. The van der Waals surface area contributed by atoms with Crippen molar-refractivity contribution in [2.24, 2.45) is 5.41 Å². The number of aromatic nitrogens is 4. The maximum Gasteiger partial charge on any atom is 0.433 e. The number of nitrogens with zero attached hydrogens (tertiary/aromatic N) is 5. The predicted octanol–water partition coefficient (Wildman–Crippen LogP) is 8.36. The predicted molar refractivity (Wildman–Crippen MR) is 165 cm³/mol. The fraction of sp³-hybridized carbons (Fsp3) is 0.485. The van der Waals surface area contributed by atoms with Crippen LogP contribution in [0.15, 0.2) is 42.6 Å². The lowest BCUT2D eigenvalue weighted by Crippen LogP contribution is -2.37. The first kappa shape index (κ1) is 32.1. The van der Waals surface area contributed by atoms with Gasteiger partial charge in [0.15, 0.2) is 11.3 Å². The summed E-state index contributed by atoms with van der Waals surface area (Å²) in [6.07, 6.45) is -2.18. The van der Waals surface area contributed by atoms with E-state index in [1.807, 2.05) is 36.2 Å². The Bertz CT molecular complexity index is 1670. The van der Waals surface area contributed by atoms with Crippen molar-refractivity contribution in [1.29, 1.82) is 0 Å². The van der Waals surface area contributed by atoms with Gasteiger partial charge in [0.05, 0.1) is 23.6 Å². The molecule has 0 unspecified atom stereocenters. The maximum atomic E-state index is 13.8. The highest BCUT2D eigenvalue weighted by atomic mass is 19.4. The molecule has 1 saturated carbocycles. The SMILES string of the molecule is COCC1(CN(C)c2cc(-c3cnc(C(F)(F)F)c(C(F)(F)F)c3)nc3nc(-c4ccc(N5CCCCC5)cc4)[nH]c23)CCCC1. The van der Waals surface area contributed by atoms with Crippen LogP contribution in [0.5, 0.6) is 0 Å². The standard InChI is InChI=1S/C33H36F6N6O/c1-44(19-31(20-46-2)12-4-5-13-31)26-17-25(22-16-24(32(34,35)36)28(40-18-22)33(37,38)39)41-30-27(26)42-29(43-30)21-8-10-23(11-9-21)45-14-6-3-7-15-45/h8-11,16-18H,3-7,12-15,19-20H2,1-2H3,(H,41,42,43). The van der Waals surface area contributed by atoms with E-state index in [2.05, 4.69) is 19.9 Å². The number of hydrogen-bond donors (Lipinski definition) is 1. The van der Waals surface area contributed by atoms with Gasteiger partial charge in [0, 0.05) is 62.2 Å². The van der Waals surface area contributed by atoms with Crippen molar-refractivity contribution >= 4 is 22.5 Å². The lowest BCUT2D eigenvalue weighted by atomic mass is 9.86. The zero-order valence-corrected chi connectivity index (χ0v) is 25.7. The molecule has 13 heteroatoms. The zero-order chi connectivity index (χ0) is 32.7. The smallest absolute Gasteiger partial charge is 0.384 e. The summed E-state index contributed by atoms with van der Waals surface area (Å²) < 4.78 is 87.4. The summed E-state index contributed by atoms with van der Waals surface area (Å²) in [6, 6.07) is 10.1. The molecule has 1 aliphatic heterocycles. The third-order valence-corrected chi connectivity index (χ3v) is 9.16. The average Bonchev–Trinajstić information content (AvgIpc) is 3.67. The first-order valence-electron chi connectivity index (χ1n) is 15.5. The van der Waals surface area contributed by atoms with E-state index in [4.69, 9.17) is 9.72 Å². The Morgan fingerprint density at radius 3 is 2.22 bits per heavy atom. The molecule has 246 valence electrons. The number of fused-ring (bicyclic) bond motifs is 1. The number of piperidine rings is 1. The van der Waals surface area contributed by atoms with Crippen LogP contribution >= 0.6 is 0 Å². The van der Waals surface area contributed by atoms with Gasteiger partial charge in [-0.15, -0.1) is 0 Å². The summed E-state index contributed by atoms with van der Waals surface area (Å²) in [7, 11) is 3.55. The van der Waals surface area contributed by atoms with Crippen molar-refractivity contribution in [3.05, 3.63) is 53.9 Å². The van der Waals surface area contributed by atoms with Crippen LogP contribution in [0.4, 0.5) is 37.7 Å². The molecule has 1 saturated heterocycles. The molecule has 2 aliphatic rings.